The van der Waals surface area contributed by atoms with Crippen molar-refractivity contribution in [2.24, 2.45) is 0 Å². The molecule has 0 atom stereocenters. The zero-order chi connectivity index (χ0) is 12.4. The highest BCUT2D eigenvalue weighted by molar-refractivity contribution is 5.91. The highest BCUT2D eigenvalue weighted by Gasteiger charge is 2.11. The summed E-state index contributed by atoms with van der Waals surface area (Å²) < 4.78 is 10.1. The van der Waals surface area contributed by atoms with Crippen LogP contribution in [0.15, 0.2) is 18.5 Å². The number of benzene rings is 1. The molecular weight excluding hydrogens is 222 g/mol. The van der Waals surface area contributed by atoms with Crippen molar-refractivity contribution in [3.8, 4) is 11.5 Å². The van der Waals surface area contributed by atoms with E-state index in [1.807, 2.05) is 0 Å². The Morgan fingerprint density at radius 1 is 1.29 bits per heavy atom. The van der Waals surface area contributed by atoms with Gasteiger partial charge >= 0.3 is 5.97 Å². The number of nitrogens with zero attached hydrogens (tertiary/aromatic N) is 2. The van der Waals surface area contributed by atoms with Gasteiger partial charge in [-0.25, -0.2) is 9.97 Å². The fraction of sp³-hybridized carbons (Fsp3) is 0.182. The average Bonchev–Trinajstić information content (AvgIpc) is 2.29. The molecule has 2 aromatic rings. The van der Waals surface area contributed by atoms with Crippen molar-refractivity contribution in [3.05, 3.63) is 18.5 Å². The number of anilines is 1. The topological polar surface area (TPSA) is 87.3 Å². The predicted octanol–water partition coefficient (Wildman–Crippen LogP) is 1.15. The molecule has 0 spiro atoms. The first-order valence-corrected chi connectivity index (χ1v) is 4.88. The maximum atomic E-state index is 11.0. The third-order valence-electron chi connectivity index (χ3n) is 2.21. The largest absolute Gasteiger partial charge is 0.493 e. The van der Waals surface area contributed by atoms with Crippen LogP contribution in [0.1, 0.15) is 6.92 Å². The lowest BCUT2D eigenvalue weighted by atomic mass is 10.2. The van der Waals surface area contributed by atoms with Crippen LogP contribution in [-0.4, -0.2) is 23.0 Å². The van der Waals surface area contributed by atoms with Crippen LogP contribution < -0.4 is 15.2 Å². The normalized spacial score (nSPS) is 10.2. The first kappa shape index (κ1) is 11.1. The maximum Gasteiger partial charge on any atom is 0.308 e. The number of rotatable bonds is 2. The third kappa shape index (κ3) is 2.10. The molecule has 88 valence electrons. The second-order valence-corrected chi connectivity index (χ2v) is 3.37. The van der Waals surface area contributed by atoms with Crippen molar-refractivity contribution in [1.29, 1.82) is 0 Å². The van der Waals surface area contributed by atoms with Gasteiger partial charge < -0.3 is 15.2 Å². The molecule has 2 rings (SSSR count). The van der Waals surface area contributed by atoms with Gasteiger partial charge in [0, 0.05) is 18.4 Å². The van der Waals surface area contributed by atoms with E-state index in [-0.39, 0.29) is 0 Å². The van der Waals surface area contributed by atoms with E-state index in [0.717, 1.165) is 0 Å². The van der Waals surface area contributed by atoms with Crippen LogP contribution in [0.25, 0.3) is 10.9 Å². The van der Waals surface area contributed by atoms with Crippen LogP contribution >= 0.6 is 0 Å². The third-order valence-corrected chi connectivity index (χ3v) is 2.21. The fourth-order valence-corrected chi connectivity index (χ4v) is 1.48. The Hall–Kier alpha value is -2.37. The molecule has 6 heteroatoms. The first-order chi connectivity index (χ1) is 8.11. The van der Waals surface area contributed by atoms with Gasteiger partial charge in [0.1, 0.15) is 12.1 Å². The molecule has 0 aliphatic heterocycles. The minimum Gasteiger partial charge on any atom is -0.493 e. The molecule has 0 fully saturated rings. The number of methoxy groups -OCH3 is 1. The Labute approximate surface area is 97.4 Å². The quantitative estimate of drug-likeness (QED) is 0.618. The first-order valence-electron chi connectivity index (χ1n) is 4.88. The van der Waals surface area contributed by atoms with Crippen LogP contribution in [0, 0.1) is 0 Å². The van der Waals surface area contributed by atoms with Gasteiger partial charge in [-0.3, -0.25) is 4.79 Å². The summed E-state index contributed by atoms with van der Waals surface area (Å²) in [7, 11) is 1.48. The van der Waals surface area contributed by atoms with Gasteiger partial charge in [-0.1, -0.05) is 0 Å². The van der Waals surface area contributed by atoms with Crippen LogP contribution in [0.3, 0.4) is 0 Å². The number of hydrogen-bond acceptors (Lipinski definition) is 6. The molecular formula is C11H11N3O3. The zero-order valence-corrected chi connectivity index (χ0v) is 9.43. The molecule has 0 saturated carbocycles. The van der Waals surface area contributed by atoms with E-state index in [9.17, 15) is 4.79 Å². The Balaban J connectivity index is 2.65. The van der Waals surface area contributed by atoms with Gasteiger partial charge in [-0.05, 0) is 6.07 Å². The van der Waals surface area contributed by atoms with E-state index in [2.05, 4.69) is 9.97 Å². The van der Waals surface area contributed by atoms with Crippen molar-refractivity contribution in [3.63, 3.8) is 0 Å². The number of nitrogens with two attached hydrogens (primary N) is 1. The summed E-state index contributed by atoms with van der Waals surface area (Å²) in [6, 6.07) is 3.23. The van der Waals surface area contributed by atoms with Crippen molar-refractivity contribution in [2.75, 3.05) is 12.8 Å². The number of fused-ring (bicyclic) bond motifs is 1. The van der Waals surface area contributed by atoms with E-state index >= 15 is 0 Å². The van der Waals surface area contributed by atoms with E-state index in [0.29, 0.717) is 28.2 Å². The molecule has 1 heterocycles. The molecule has 0 aliphatic carbocycles. The number of hydrogen-bond donors (Lipinski definition) is 1. The number of ether oxygens (including phenoxy) is 2. The molecule has 2 N–H and O–H groups in total. The summed E-state index contributed by atoms with van der Waals surface area (Å²) in [5.41, 5.74) is 6.34. The number of carbonyl (C=O) groups is 1. The zero-order valence-electron chi connectivity index (χ0n) is 9.43. The van der Waals surface area contributed by atoms with E-state index < -0.39 is 5.97 Å². The number of carbonyl (C=O) groups excluding carboxylic acids is 1. The van der Waals surface area contributed by atoms with Crippen LogP contribution in [0.5, 0.6) is 11.5 Å². The number of aromatic nitrogens is 2. The van der Waals surface area contributed by atoms with Crippen molar-refractivity contribution >= 4 is 22.7 Å². The predicted molar refractivity (Wildman–Crippen MR) is 61.8 cm³/mol. The average molecular weight is 233 g/mol. The SMILES string of the molecule is COc1cc2ncnc(N)c2cc1OC(C)=O. The molecule has 1 aromatic heterocycles. The summed E-state index contributed by atoms with van der Waals surface area (Å²) in [5.74, 6) is 0.615. The van der Waals surface area contributed by atoms with E-state index in [1.54, 1.807) is 12.1 Å². The Morgan fingerprint density at radius 2 is 2.06 bits per heavy atom. The van der Waals surface area contributed by atoms with E-state index in [1.165, 1.54) is 20.4 Å². The van der Waals surface area contributed by atoms with Gasteiger partial charge in [0.05, 0.1) is 12.6 Å². The van der Waals surface area contributed by atoms with Crippen LogP contribution in [0.2, 0.25) is 0 Å². The maximum absolute atomic E-state index is 11.0. The number of nitrogen functional groups attached to an aromatic ring is 1. The molecule has 6 nitrogen and oxygen atoms in total. The van der Waals surface area contributed by atoms with Crippen LogP contribution in [0.4, 0.5) is 5.82 Å². The monoisotopic (exact) mass is 233 g/mol. The van der Waals surface area contributed by atoms with E-state index in [4.69, 9.17) is 15.2 Å². The summed E-state index contributed by atoms with van der Waals surface area (Å²) >= 11 is 0. The molecule has 0 aliphatic rings. The molecule has 0 unspecified atom stereocenters. The highest BCUT2D eigenvalue weighted by Crippen LogP contribution is 2.33. The van der Waals surface area contributed by atoms with Crippen molar-refractivity contribution in [2.45, 2.75) is 6.92 Å². The summed E-state index contributed by atoms with van der Waals surface area (Å²) in [4.78, 5) is 18.9. The summed E-state index contributed by atoms with van der Waals surface area (Å²) in [6.07, 6.45) is 1.36. The Morgan fingerprint density at radius 3 is 2.71 bits per heavy atom. The van der Waals surface area contributed by atoms with Gasteiger partial charge in [0.15, 0.2) is 11.5 Å². The minimum atomic E-state index is -0.432. The van der Waals surface area contributed by atoms with Gasteiger partial charge in [-0.15, -0.1) is 0 Å². The van der Waals surface area contributed by atoms with Crippen molar-refractivity contribution < 1.29 is 14.3 Å². The molecule has 0 saturated heterocycles. The lowest BCUT2D eigenvalue weighted by Gasteiger charge is -2.09. The number of esters is 1. The van der Waals surface area contributed by atoms with Crippen molar-refractivity contribution in [1.82, 2.24) is 9.97 Å². The summed E-state index contributed by atoms with van der Waals surface area (Å²) in [6.45, 7) is 1.31. The molecule has 0 bridgehead atoms. The Kier molecular flexibility index (Phi) is 2.78. The molecule has 1 aromatic carbocycles. The highest BCUT2D eigenvalue weighted by atomic mass is 16.6. The van der Waals surface area contributed by atoms with Gasteiger partial charge in [0.25, 0.3) is 0 Å². The second kappa shape index (κ2) is 4.25. The van der Waals surface area contributed by atoms with Gasteiger partial charge in [-0.2, -0.15) is 0 Å². The smallest absolute Gasteiger partial charge is 0.308 e. The lowest BCUT2D eigenvalue weighted by Crippen LogP contribution is -2.04. The van der Waals surface area contributed by atoms with Crippen LogP contribution in [-0.2, 0) is 4.79 Å². The lowest BCUT2D eigenvalue weighted by molar-refractivity contribution is -0.131. The van der Waals surface area contributed by atoms with Gasteiger partial charge in [0.2, 0.25) is 0 Å². The molecule has 17 heavy (non-hydrogen) atoms. The second-order valence-electron chi connectivity index (χ2n) is 3.37. The fourth-order valence-electron chi connectivity index (χ4n) is 1.48. The standard InChI is InChI=1S/C11H11N3O3/c1-6(15)17-10-3-7-8(4-9(10)16-2)13-5-14-11(7)12/h3-5H,1-2H3,(H2,12,13,14). The molecule has 0 amide bonds. The summed E-state index contributed by atoms with van der Waals surface area (Å²) in [5, 5.41) is 0.615. The molecule has 0 radical (unpaired) electrons. The Bertz CT molecular complexity index is 583. The minimum absolute atomic E-state index is 0.300.